The molecule has 9 nitrogen and oxygen atoms in total. The third-order valence-electron chi connectivity index (χ3n) is 5.48. The molecule has 0 unspecified atom stereocenters. The van der Waals surface area contributed by atoms with Gasteiger partial charge in [0.05, 0.1) is 17.8 Å². The Balaban J connectivity index is 1.86. The van der Waals surface area contributed by atoms with Crippen LogP contribution in [0.5, 0.6) is 0 Å². The van der Waals surface area contributed by atoms with Crippen LogP contribution in [-0.4, -0.2) is 49.0 Å². The molecule has 188 valence electrons. The third kappa shape index (κ3) is 7.46. The summed E-state index contributed by atoms with van der Waals surface area (Å²) in [7, 11) is -1.93. The lowest BCUT2D eigenvalue weighted by Crippen LogP contribution is -2.43. The first-order valence-electron chi connectivity index (χ1n) is 11.1. The standard InChI is InChI=1S/C23H33N3O6S2/c1-22(2,3)31-20(27)23(11-9-18(10-12-23)32-34(5,28)29)15-17-7-6-8-19(24-17)25-21-26(16-30-4)13-14-33-21/h6-8,13-14,18H,9-12,15-16H2,1-5H3. The number of hydrogen-bond acceptors (Lipinski definition) is 9. The van der Waals surface area contributed by atoms with Crippen molar-refractivity contribution in [2.45, 2.75) is 71.3 Å². The molecule has 1 fully saturated rings. The molecule has 0 aromatic carbocycles. The van der Waals surface area contributed by atoms with Gasteiger partial charge in [0.1, 0.15) is 12.3 Å². The highest BCUT2D eigenvalue weighted by molar-refractivity contribution is 7.86. The van der Waals surface area contributed by atoms with E-state index in [2.05, 4.69) is 4.99 Å². The number of esters is 1. The lowest BCUT2D eigenvalue weighted by molar-refractivity contribution is -0.171. The van der Waals surface area contributed by atoms with E-state index < -0.39 is 27.2 Å². The maximum Gasteiger partial charge on any atom is 0.312 e. The molecule has 1 saturated carbocycles. The second kappa shape index (κ2) is 10.7. The molecular weight excluding hydrogens is 478 g/mol. The van der Waals surface area contributed by atoms with Crippen LogP contribution in [-0.2, 0) is 41.7 Å². The zero-order valence-electron chi connectivity index (χ0n) is 20.3. The summed E-state index contributed by atoms with van der Waals surface area (Å²) >= 11 is 1.48. The van der Waals surface area contributed by atoms with Gasteiger partial charge >= 0.3 is 5.97 Å². The smallest absolute Gasteiger partial charge is 0.312 e. The molecule has 0 N–H and O–H groups in total. The van der Waals surface area contributed by atoms with Crippen molar-refractivity contribution in [3.63, 3.8) is 0 Å². The Morgan fingerprint density at radius 3 is 2.62 bits per heavy atom. The Morgan fingerprint density at radius 1 is 1.29 bits per heavy atom. The highest BCUT2D eigenvalue weighted by Crippen LogP contribution is 2.42. The first kappa shape index (κ1) is 26.5. The molecule has 0 aliphatic heterocycles. The van der Waals surface area contributed by atoms with Crippen LogP contribution >= 0.6 is 11.3 Å². The van der Waals surface area contributed by atoms with Crippen LogP contribution < -0.4 is 4.80 Å². The zero-order chi connectivity index (χ0) is 25.0. The lowest BCUT2D eigenvalue weighted by Gasteiger charge is -2.39. The quantitative estimate of drug-likeness (QED) is 0.394. The largest absolute Gasteiger partial charge is 0.460 e. The van der Waals surface area contributed by atoms with Gasteiger partial charge in [-0.25, -0.2) is 9.98 Å². The highest BCUT2D eigenvalue weighted by atomic mass is 32.2. The molecule has 2 aromatic heterocycles. The second-order valence-corrected chi connectivity index (χ2v) is 12.1. The first-order chi connectivity index (χ1) is 15.9. The van der Waals surface area contributed by atoms with Crippen LogP contribution in [0.15, 0.2) is 34.8 Å². The fourth-order valence-electron chi connectivity index (χ4n) is 4.02. The average molecular weight is 512 g/mol. The molecule has 2 aromatic rings. The molecule has 0 saturated heterocycles. The van der Waals surface area contributed by atoms with Crippen molar-refractivity contribution in [2.24, 2.45) is 10.4 Å². The summed E-state index contributed by atoms with van der Waals surface area (Å²) in [5.74, 6) is 0.247. The molecule has 0 bridgehead atoms. The zero-order valence-corrected chi connectivity index (χ0v) is 21.9. The van der Waals surface area contributed by atoms with E-state index in [0.29, 0.717) is 44.7 Å². The SMILES string of the molecule is COCn1ccsc1=Nc1cccc(CC2(C(=O)OC(C)(C)C)CCC(OS(C)(=O)=O)CC2)n1. The molecule has 34 heavy (non-hydrogen) atoms. The topological polar surface area (TPSA) is 109 Å². The third-order valence-corrected chi connectivity index (χ3v) is 6.90. The van der Waals surface area contributed by atoms with Gasteiger partial charge in [-0.3, -0.25) is 13.5 Å². The number of hydrogen-bond donors (Lipinski definition) is 0. The second-order valence-electron chi connectivity index (χ2n) is 9.63. The number of aromatic nitrogens is 2. The maximum atomic E-state index is 13.3. The molecule has 0 atom stereocenters. The van der Waals surface area contributed by atoms with Gasteiger partial charge in [0.2, 0.25) is 0 Å². The van der Waals surface area contributed by atoms with Gasteiger partial charge in [-0.05, 0) is 58.6 Å². The van der Waals surface area contributed by atoms with Crippen LogP contribution in [0.2, 0.25) is 0 Å². The summed E-state index contributed by atoms with van der Waals surface area (Å²) in [6.45, 7) is 5.90. The Bertz CT molecular complexity index is 1160. The van der Waals surface area contributed by atoms with E-state index in [1.165, 1.54) is 11.3 Å². The van der Waals surface area contributed by atoms with Crippen LogP contribution in [0.3, 0.4) is 0 Å². The number of rotatable bonds is 8. The highest BCUT2D eigenvalue weighted by Gasteiger charge is 2.45. The van der Waals surface area contributed by atoms with E-state index >= 15 is 0 Å². The minimum absolute atomic E-state index is 0.293. The van der Waals surface area contributed by atoms with Crippen LogP contribution in [0.1, 0.15) is 52.1 Å². The summed E-state index contributed by atoms with van der Waals surface area (Å²) in [6, 6.07) is 5.57. The van der Waals surface area contributed by atoms with Gasteiger partial charge in [0, 0.05) is 30.8 Å². The Labute approximate surface area is 204 Å². The average Bonchev–Trinajstić information content (AvgIpc) is 3.14. The minimum Gasteiger partial charge on any atom is -0.460 e. The van der Waals surface area contributed by atoms with Crippen molar-refractivity contribution in [1.82, 2.24) is 9.55 Å². The van der Waals surface area contributed by atoms with Gasteiger partial charge in [0.25, 0.3) is 10.1 Å². The van der Waals surface area contributed by atoms with E-state index in [1.54, 1.807) is 7.11 Å². The van der Waals surface area contributed by atoms with Crippen molar-refractivity contribution in [2.75, 3.05) is 13.4 Å². The number of ether oxygens (including phenoxy) is 2. The van der Waals surface area contributed by atoms with Gasteiger partial charge in [-0.15, -0.1) is 11.3 Å². The van der Waals surface area contributed by atoms with Crippen molar-refractivity contribution in [3.8, 4) is 0 Å². The number of carbonyl (C=O) groups excluding carboxylic acids is 1. The summed E-state index contributed by atoms with van der Waals surface area (Å²) in [6.07, 6.45) is 4.67. The molecular formula is C23H33N3O6S2. The number of thiazole rings is 1. The van der Waals surface area contributed by atoms with Crippen LogP contribution in [0.4, 0.5) is 5.82 Å². The lowest BCUT2D eigenvalue weighted by atomic mass is 9.70. The van der Waals surface area contributed by atoms with Crippen LogP contribution in [0.25, 0.3) is 0 Å². The van der Waals surface area contributed by atoms with E-state index in [0.717, 1.165) is 16.8 Å². The number of carbonyl (C=O) groups is 1. The van der Waals surface area contributed by atoms with E-state index in [1.807, 2.05) is 55.1 Å². The minimum atomic E-state index is -3.56. The number of methoxy groups -OCH3 is 1. The summed E-state index contributed by atoms with van der Waals surface area (Å²) < 4.78 is 41.2. The molecule has 2 heterocycles. The fourth-order valence-corrected chi connectivity index (χ4v) is 5.43. The van der Waals surface area contributed by atoms with Gasteiger partial charge < -0.3 is 9.47 Å². The van der Waals surface area contributed by atoms with Gasteiger partial charge in [-0.2, -0.15) is 8.42 Å². The Kier molecular flexibility index (Phi) is 8.33. The molecule has 3 rings (SSSR count). The van der Waals surface area contributed by atoms with Crippen molar-refractivity contribution in [1.29, 1.82) is 0 Å². The predicted molar refractivity (Wildman–Crippen MR) is 129 cm³/mol. The van der Waals surface area contributed by atoms with E-state index in [-0.39, 0.29) is 5.97 Å². The van der Waals surface area contributed by atoms with E-state index in [9.17, 15) is 13.2 Å². The predicted octanol–water partition coefficient (Wildman–Crippen LogP) is 3.57. The Hall–Kier alpha value is -2.08. The Morgan fingerprint density at radius 2 is 2.00 bits per heavy atom. The molecule has 11 heteroatoms. The van der Waals surface area contributed by atoms with Crippen molar-refractivity contribution < 1.29 is 26.9 Å². The van der Waals surface area contributed by atoms with Crippen molar-refractivity contribution >= 4 is 33.2 Å². The van der Waals surface area contributed by atoms with Gasteiger partial charge in [-0.1, -0.05) is 6.07 Å². The fraction of sp³-hybridized carbons (Fsp3) is 0.609. The molecule has 0 radical (unpaired) electrons. The van der Waals surface area contributed by atoms with Gasteiger partial charge in [0.15, 0.2) is 10.6 Å². The molecule has 1 aliphatic rings. The van der Waals surface area contributed by atoms with Crippen molar-refractivity contribution in [3.05, 3.63) is 40.3 Å². The number of nitrogens with zero attached hydrogens (tertiary/aromatic N) is 3. The number of pyridine rings is 1. The monoisotopic (exact) mass is 511 g/mol. The molecule has 1 aliphatic carbocycles. The molecule has 0 spiro atoms. The summed E-state index contributed by atoms with van der Waals surface area (Å²) in [5, 5.41) is 1.93. The molecule has 0 amide bonds. The maximum absolute atomic E-state index is 13.3. The summed E-state index contributed by atoms with van der Waals surface area (Å²) in [4.78, 5) is 23.4. The van der Waals surface area contributed by atoms with E-state index in [4.69, 9.17) is 18.6 Å². The first-order valence-corrected chi connectivity index (χ1v) is 13.8. The van der Waals surface area contributed by atoms with Crippen LogP contribution in [0, 0.1) is 5.41 Å². The summed E-state index contributed by atoms with van der Waals surface area (Å²) in [5.41, 5.74) is -0.720. The normalized spacial score (nSPS) is 22.0.